The van der Waals surface area contributed by atoms with E-state index in [0.29, 0.717) is 0 Å². The van der Waals surface area contributed by atoms with Crippen LogP contribution in [0.25, 0.3) is 0 Å². The molecule has 1 aliphatic rings. The molecule has 1 saturated heterocycles. The van der Waals surface area contributed by atoms with Crippen molar-refractivity contribution in [1.29, 1.82) is 0 Å². The Morgan fingerprint density at radius 2 is 2.24 bits per heavy atom. The van der Waals surface area contributed by atoms with Gasteiger partial charge in [-0.15, -0.1) is 6.42 Å². The van der Waals surface area contributed by atoms with E-state index >= 15 is 0 Å². The van der Waals surface area contributed by atoms with Gasteiger partial charge in [0.15, 0.2) is 5.79 Å². The largest absolute Gasteiger partial charge is 0.359 e. The monoisotopic (exact) mass is 242 g/mol. The van der Waals surface area contributed by atoms with Crippen molar-refractivity contribution in [3.8, 4) is 12.3 Å². The molecule has 0 aromatic carbocycles. The van der Waals surface area contributed by atoms with Gasteiger partial charge in [0.05, 0.1) is 6.10 Å². The van der Waals surface area contributed by atoms with E-state index in [2.05, 4.69) is 5.92 Å². The molecule has 96 valence electrons. The van der Waals surface area contributed by atoms with Crippen molar-refractivity contribution in [2.75, 3.05) is 13.9 Å². The fourth-order valence-corrected chi connectivity index (χ4v) is 1.74. The number of hydrogen-bond acceptors (Lipinski definition) is 5. The Balaban J connectivity index is 2.71. The van der Waals surface area contributed by atoms with Gasteiger partial charge in [0.1, 0.15) is 25.3 Å². The summed E-state index contributed by atoms with van der Waals surface area (Å²) in [6, 6.07) is 0. The van der Waals surface area contributed by atoms with Crippen molar-refractivity contribution in [3.05, 3.63) is 0 Å². The molecule has 1 rings (SSSR count). The SMILES string of the molecule is C#C[C@H]1OC(C)(C)O[C@H]1[C@H](CC=O)OCOC. The van der Waals surface area contributed by atoms with Crippen LogP contribution in [0.5, 0.6) is 0 Å². The minimum atomic E-state index is -0.765. The van der Waals surface area contributed by atoms with Gasteiger partial charge in [0.25, 0.3) is 0 Å². The van der Waals surface area contributed by atoms with Crippen molar-refractivity contribution in [2.24, 2.45) is 0 Å². The van der Waals surface area contributed by atoms with Crippen LogP contribution in [0.4, 0.5) is 0 Å². The van der Waals surface area contributed by atoms with Crippen LogP contribution in [-0.4, -0.2) is 44.3 Å². The molecule has 0 radical (unpaired) electrons. The van der Waals surface area contributed by atoms with E-state index in [4.69, 9.17) is 25.4 Å². The second-order valence-electron chi connectivity index (χ2n) is 4.20. The highest BCUT2D eigenvalue weighted by Crippen LogP contribution is 2.31. The normalized spacial score (nSPS) is 28.6. The number of carbonyl (C=O) groups is 1. The van der Waals surface area contributed by atoms with Crippen molar-refractivity contribution >= 4 is 6.29 Å². The Kier molecular flexibility index (Phi) is 5.09. The van der Waals surface area contributed by atoms with Crippen molar-refractivity contribution in [3.63, 3.8) is 0 Å². The predicted octanol–water partition coefficient (Wildman–Crippen LogP) is 0.718. The van der Waals surface area contributed by atoms with E-state index in [1.165, 1.54) is 7.11 Å². The molecule has 0 spiro atoms. The molecule has 0 aliphatic carbocycles. The van der Waals surface area contributed by atoms with Gasteiger partial charge in [-0.1, -0.05) is 5.92 Å². The molecular formula is C12H18O5. The summed E-state index contributed by atoms with van der Waals surface area (Å²) >= 11 is 0. The average Bonchev–Trinajstić information content (AvgIpc) is 2.60. The Hall–Kier alpha value is -0.930. The molecule has 0 bridgehead atoms. The van der Waals surface area contributed by atoms with E-state index in [1.54, 1.807) is 13.8 Å². The zero-order valence-corrected chi connectivity index (χ0v) is 10.3. The lowest BCUT2D eigenvalue weighted by molar-refractivity contribution is -0.170. The van der Waals surface area contributed by atoms with Crippen molar-refractivity contribution in [1.82, 2.24) is 0 Å². The Morgan fingerprint density at radius 3 is 2.76 bits per heavy atom. The summed E-state index contributed by atoms with van der Waals surface area (Å²) in [7, 11) is 1.51. The second kappa shape index (κ2) is 6.12. The van der Waals surface area contributed by atoms with E-state index in [9.17, 15) is 4.79 Å². The van der Waals surface area contributed by atoms with Crippen LogP contribution in [-0.2, 0) is 23.7 Å². The van der Waals surface area contributed by atoms with Crippen LogP contribution in [0.3, 0.4) is 0 Å². The molecule has 0 saturated carbocycles. The van der Waals surface area contributed by atoms with Gasteiger partial charge in [-0.25, -0.2) is 0 Å². The summed E-state index contributed by atoms with van der Waals surface area (Å²) in [6.07, 6.45) is 4.88. The molecule has 5 nitrogen and oxygen atoms in total. The minimum Gasteiger partial charge on any atom is -0.359 e. The lowest BCUT2D eigenvalue weighted by Crippen LogP contribution is -2.37. The molecule has 1 aliphatic heterocycles. The molecule has 0 amide bonds. The lowest BCUT2D eigenvalue weighted by atomic mass is 10.1. The maximum absolute atomic E-state index is 10.6. The molecule has 1 heterocycles. The number of ether oxygens (including phenoxy) is 4. The van der Waals surface area contributed by atoms with Crippen LogP contribution >= 0.6 is 0 Å². The van der Waals surface area contributed by atoms with Crippen molar-refractivity contribution in [2.45, 2.75) is 44.4 Å². The number of carbonyl (C=O) groups excluding carboxylic acids is 1. The summed E-state index contributed by atoms with van der Waals surface area (Å²) < 4.78 is 21.4. The first-order valence-corrected chi connectivity index (χ1v) is 5.40. The number of methoxy groups -OCH3 is 1. The zero-order chi connectivity index (χ0) is 12.9. The van der Waals surface area contributed by atoms with Gasteiger partial charge in [-0.3, -0.25) is 0 Å². The van der Waals surface area contributed by atoms with Crippen LogP contribution in [0, 0.1) is 12.3 Å². The van der Waals surface area contributed by atoms with Gasteiger partial charge in [0.2, 0.25) is 0 Å². The molecule has 0 aromatic heterocycles. The molecule has 1 fully saturated rings. The topological polar surface area (TPSA) is 54.0 Å². The predicted molar refractivity (Wildman–Crippen MR) is 60.1 cm³/mol. The van der Waals surface area contributed by atoms with E-state index < -0.39 is 24.1 Å². The molecule has 3 atom stereocenters. The lowest BCUT2D eigenvalue weighted by Gasteiger charge is -2.23. The number of terminal acetylenes is 1. The summed E-state index contributed by atoms with van der Waals surface area (Å²) in [5, 5.41) is 0. The molecule has 5 heteroatoms. The number of aldehydes is 1. The standard InChI is InChI=1S/C12H18O5/c1-5-9-11(17-12(2,3)16-9)10(6-7-13)15-8-14-4/h1,7,9-11H,6,8H2,2-4H3/t9-,10+,11-/m1/s1. The fraction of sp³-hybridized carbons (Fsp3) is 0.750. The number of hydrogen-bond donors (Lipinski definition) is 0. The van der Waals surface area contributed by atoms with Gasteiger partial charge >= 0.3 is 0 Å². The van der Waals surface area contributed by atoms with E-state index in [1.807, 2.05) is 0 Å². The Morgan fingerprint density at radius 1 is 1.53 bits per heavy atom. The average molecular weight is 242 g/mol. The Bertz CT molecular complexity index is 294. The van der Waals surface area contributed by atoms with Crippen molar-refractivity contribution < 1.29 is 23.7 Å². The van der Waals surface area contributed by atoms with Gasteiger partial charge in [-0.2, -0.15) is 0 Å². The first-order valence-electron chi connectivity index (χ1n) is 5.40. The third-order valence-corrected chi connectivity index (χ3v) is 2.39. The van der Waals surface area contributed by atoms with E-state index in [0.717, 1.165) is 6.29 Å². The van der Waals surface area contributed by atoms with Crippen LogP contribution in [0.15, 0.2) is 0 Å². The van der Waals surface area contributed by atoms with Gasteiger partial charge in [-0.05, 0) is 13.8 Å². The first-order chi connectivity index (χ1) is 8.04. The van der Waals surface area contributed by atoms with Crippen LogP contribution in [0.2, 0.25) is 0 Å². The highest BCUT2D eigenvalue weighted by molar-refractivity contribution is 5.50. The summed E-state index contributed by atoms with van der Waals surface area (Å²) in [4.78, 5) is 10.6. The highest BCUT2D eigenvalue weighted by atomic mass is 16.8. The molecule has 0 unspecified atom stereocenters. The summed E-state index contributed by atoms with van der Waals surface area (Å²) in [6.45, 7) is 3.62. The summed E-state index contributed by atoms with van der Waals surface area (Å²) in [5.41, 5.74) is 0. The fourth-order valence-electron chi connectivity index (χ4n) is 1.74. The quantitative estimate of drug-likeness (QED) is 0.390. The third kappa shape index (κ3) is 3.79. The smallest absolute Gasteiger partial charge is 0.165 e. The number of rotatable bonds is 6. The molecular weight excluding hydrogens is 224 g/mol. The molecule has 17 heavy (non-hydrogen) atoms. The van der Waals surface area contributed by atoms with Gasteiger partial charge < -0.3 is 23.7 Å². The zero-order valence-electron chi connectivity index (χ0n) is 10.3. The maximum atomic E-state index is 10.6. The Labute approximate surface area is 101 Å². The van der Waals surface area contributed by atoms with Crippen LogP contribution < -0.4 is 0 Å². The third-order valence-electron chi connectivity index (χ3n) is 2.39. The first kappa shape index (κ1) is 14.1. The van der Waals surface area contributed by atoms with Gasteiger partial charge in [0, 0.05) is 13.5 Å². The highest BCUT2D eigenvalue weighted by Gasteiger charge is 2.44. The molecule has 0 aromatic rings. The second-order valence-corrected chi connectivity index (χ2v) is 4.20. The summed E-state index contributed by atoms with van der Waals surface area (Å²) in [5.74, 6) is 1.74. The minimum absolute atomic E-state index is 0.0795. The molecule has 0 N–H and O–H groups in total. The van der Waals surface area contributed by atoms with Crippen LogP contribution in [0.1, 0.15) is 20.3 Å². The van der Waals surface area contributed by atoms with E-state index in [-0.39, 0.29) is 13.2 Å². The maximum Gasteiger partial charge on any atom is 0.165 e.